The zero-order valence-electron chi connectivity index (χ0n) is 23.4. The van der Waals surface area contributed by atoms with Crippen LogP contribution in [0.4, 0.5) is 0 Å². The first-order chi connectivity index (χ1) is 17.5. The van der Waals surface area contributed by atoms with Crippen LogP contribution < -0.4 is 0 Å². The number of benzene rings is 2. The highest BCUT2D eigenvalue weighted by Crippen LogP contribution is 2.46. The molecule has 0 N–H and O–H groups in total. The number of fused-ring (bicyclic) bond motifs is 1. The number of hydrogen-bond donors (Lipinski definition) is 0. The maximum Gasteiger partial charge on any atom is 0.289 e. The molecule has 2 aromatic carbocycles. The van der Waals surface area contributed by atoms with Crippen LogP contribution in [0.2, 0.25) is 0 Å². The van der Waals surface area contributed by atoms with Crippen molar-refractivity contribution in [3.05, 3.63) is 93.9 Å². The van der Waals surface area contributed by atoms with Gasteiger partial charge in [-0.1, -0.05) is 70.2 Å². The van der Waals surface area contributed by atoms with Crippen LogP contribution in [0.15, 0.2) is 59.0 Å². The van der Waals surface area contributed by atoms with Crippen LogP contribution in [0.5, 0.6) is 0 Å². The molecule has 5 rings (SSSR count). The predicted octanol–water partition coefficient (Wildman–Crippen LogP) is 6.87. The van der Waals surface area contributed by atoms with Crippen molar-refractivity contribution in [2.75, 3.05) is 20.1 Å². The number of amides is 1. The van der Waals surface area contributed by atoms with Gasteiger partial charge in [0.2, 0.25) is 0 Å². The molecule has 2 heterocycles. The highest BCUT2D eigenvalue weighted by atomic mass is 16.4. The summed E-state index contributed by atoms with van der Waals surface area (Å²) in [6.45, 7) is 14.5. The number of hydrogen-bond acceptors (Lipinski definition) is 3. The Morgan fingerprint density at radius 3 is 2.38 bits per heavy atom. The van der Waals surface area contributed by atoms with Gasteiger partial charge in [-0.25, -0.2) is 0 Å². The lowest BCUT2D eigenvalue weighted by Crippen LogP contribution is -2.38. The van der Waals surface area contributed by atoms with Gasteiger partial charge in [0.05, 0.1) is 0 Å². The topological polar surface area (TPSA) is 36.7 Å². The summed E-state index contributed by atoms with van der Waals surface area (Å²) in [5.74, 6) is 1.27. The third-order valence-electron chi connectivity index (χ3n) is 8.91. The van der Waals surface area contributed by atoms with E-state index in [1.165, 1.54) is 40.7 Å². The van der Waals surface area contributed by atoms with Crippen molar-refractivity contribution in [2.24, 2.45) is 0 Å². The molecule has 0 radical (unpaired) electrons. The highest BCUT2D eigenvalue weighted by molar-refractivity contribution is 5.91. The molecule has 0 spiro atoms. The lowest BCUT2D eigenvalue weighted by atomic mass is 9.62. The molecule has 4 nitrogen and oxygen atoms in total. The van der Waals surface area contributed by atoms with E-state index in [1.807, 2.05) is 24.1 Å². The molecule has 196 valence electrons. The van der Waals surface area contributed by atoms with Crippen LogP contribution in [0.25, 0.3) is 0 Å². The van der Waals surface area contributed by atoms with E-state index in [-0.39, 0.29) is 22.8 Å². The summed E-state index contributed by atoms with van der Waals surface area (Å²) in [7, 11) is 1.92. The molecule has 1 fully saturated rings. The molecule has 4 heteroatoms. The fourth-order valence-electron chi connectivity index (χ4n) is 6.19. The van der Waals surface area contributed by atoms with Gasteiger partial charge in [-0.2, -0.15) is 0 Å². The van der Waals surface area contributed by atoms with Gasteiger partial charge in [-0.3, -0.25) is 9.69 Å². The normalized spacial score (nSPS) is 20.5. The number of likely N-dealkylation sites (N-methyl/N-ethyl adjacent to an activating group) is 1. The number of rotatable bonds is 6. The molecule has 0 bridgehead atoms. The summed E-state index contributed by atoms with van der Waals surface area (Å²) in [6, 6.07) is 19.4. The number of nitrogens with zero attached hydrogens (tertiary/aromatic N) is 2. The first-order valence-corrected chi connectivity index (χ1v) is 13.8. The molecule has 1 atom stereocenters. The Bertz CT molecular complexity index is 1270. The van der Waals surface area contributed by atoms with E-state index in [1.54, 1.807) is 0 Å². The minimum absolute atomic E-state index is 0.0251. The maximum absolute atomic E-state index is 13.3. The predicted molar refractivity (Wildman–Crippen MR) is 150 cm³/mol. The van der Waals surface area contributed by atoms with E-state index in [0.717, 1.165) is 31.8 Å². The molecule has 1 saturated heterocycles. The van der Waals surface area contributed by atoms with Crippen LogP contribution in [0.1, 0.15) is 91.1 Å². The molecule has 1 unspecified atom stereocenters. The Balaban J connectivity index is 1.26. The molecule has 1 amide bonds. The second-order valence-corrected chi connectivity index (χ2v) is 12.6. The van der Waals surface area contributed by atoms with Crippen molar-refractivity contribution in [1.82, 2.24) is 9.80 Å². The summed E-state index contributed by atoms with van der Waals surface area (Å²) in [6.07, 6.45) is 4.11. The molecular weight excluding hydrogens is 456 g/mol. The molecule has 1 aliphatic carbocycles. The Labute approximate surface area is 222 Å². The summed E-state index contributed by atoms with van der Waals surface area (Å²) >= 11 is 0. The number of carbonyl (C=O) groups is 1. The Morgan fingerprint density at radius 2 is 1.68 bits per heavy atom. The van der Waals surface area contributed by atoms with Crippen LogP contribution in [0.3, 0.4) is 0 Å². The van der Waals surface area contributed by atoms with Gasteiger partial charge < -0.3 is 9.32 Å². The fraction of sp³-hybridized carbons (Fsp3) is 0.485. The van der Waals surface area contributed by atoms with Crippen molar-refractivity contribution >= 4 is 5.91 Å². The first-order valence-electron chi connectivity index (χ1n) is 13.8. The van der Waals surface area contributed by atoms with E-state index >= 15 is 0 Å². The van der Waals surface area contributed by atoms with Crippen molar-refractivity contribution in [2.45, 2.75) is 83.7 Å². The highest BCUT2D eigenvalue weighted by Gasteiger charge is 2.37. The number of likely N-dealkylation sites (tertiary alicyclic amines) is 1. The Hall–Kier alpha value is -2.85. The van der Waals surface area contributed by atoms with Gasteiger partial charge >= 0.3 is 0 Å². The SMILES string of the molecule is Cc1cc2c(cc1Cc1ccc(C(=O)N(C)C3CCN(Cc4ccccc4)C3)o1)C(C)(C)CCC2(C)C. The first kappa shape index (κ1) is 25.8. The van der Waals surface area contributed by atoms with Crippen molar-refractivity contribution < 1.29 is 9.21 Å². The molecule has 37 heavy (non-hydrogen) atoms. The smallest absolute Gasteiger partial charge is 0.289 e. The zero-order chi connectivity index (χ0) is 26.4. The van der Waals surface area contributed by atoms with Crippen molar-refractivity contribution in [3.63, 3.8) is 0 Å². The van der Waals surface area contributed by atoms with Gasteiger partial charge in [0.25, 0.3) is 5.91 Å². The van der Waals surface area contributed by atoms with Crippen molar-refractivity contribution in [1.29, 1.82) is 0 Å². The Kier molecular flexibility index (Phi) is 6.83. The summed E-state index contributed by atoms with van der Waals surface area (Å²) in [5.41, 5.74) is 7.25. The van der Waals surface area contributed by atoms with Gasteiger partial charge in [0.1, 0.15) is 5.76 Å². The maximum atomic E-state index is 13.3. The lowest BCUT2D eigenvalue weighted by Gasteiger charge is -2.42. The van der Waals surface area contributed by atoms with Gasteiger partial charge in [-0.15, -0.1) is 0 Å². The van der Waals surface area contributed by atoms with Crippen LogP contribution >= 0.6 is 0 Å². The monoisotopic (exact) mass is 498 g/mol. The molecule has 1 aliphatic heterocycles. The van der Waals surface area contributed by atoms with Crippen LogP contribution in [0, 0.1) is 6.92 Å². The van der Waals surface area contributed by atoms with E-state index in [0.29, 0.717) is 12.2 Å². The second kappa shape index (κ2) is 9.79. The average Bonchev–Trinajstić information content (AvgIpc) is 3.53. The van der Waals surface area contributed by atoms with E-state index in [4.69, 9.17) is 4.42 Å². The molecule has 0 saturated carbocycles. The van der Waals surface area contributed by atoms with E-state index < -0.39 is 0 Å². The summed E-state index contributed by atoms with van der Waals surface area (Å²) < 4.78 is 6.14. The average molecular weight is 499 g/mol. The number of furan rings is 1. The van der Waals surface area contributed by atoms with Crippen LogP contribution in [-0.2, 0) is 23.8 Å². The molecule has 2 aliphatic rings. The fourth-order valence-corrected chi connectivity index (χ4v) is 6.19. The zero-order valence-corrected chi connectivity index (χ0v) is 23.4. The Morgan fingerprint density at radius 1 is 1.00 bits per heavy atom. The van der Waals surface area contributed by atoms with E-state index in [2.05, 4.69) is 82.0 Å². The van der Waals surface area contributed by atoms with Gasteiger partial charge in [0, 0.05) is 39.1 Å². The summed E-state index contributed by atoms with van der Waals surface area (Å²) in [5, 5.41) is 0. The number of carbonyl (C=O) groups excluding carboxylic acids is 1. The quantitative estimate of drug-likeness (QED) is 0.372. The van der Waals surface area contributed by atoms with Gasteiger partial charge in [-0.05, 0) is 77.0 Å². The summed E-state index contributed by atoms with van der Waals surface area (Å²) in [4.78, 5) is 17.6. The minimum atomic E-state index is -0.0251. The molecule has 1 aromatic heterocycles. The third kappa shape index (κ3) is 5.27. The second-order valence-electron chi connectivity index (χ2n) is 12.6. The number of aryl methyl sites for hydroxylation is 1. The molecule has 3 aromatic rings. The van der Waals surface area contributed by atoms with E-state index in [9.17, 15) is 4.79 Å². The lowest BCUT2D eigenvalue weighted by molar-refractivity contribution is 0.0701. The van der Waals surface area contributed by atoms with Crippen LogP contribution in [-0.4, -0.2) is 41.9 Å². The largest absolute Gasteiger partial charge is 0.456 e. The van der Waals surface area contributed by atoms with Crippen molar-refractivity contribution in [3.8, 4) is 0 Å². The molecular formula is C33H42N2O2. The minimum Gasteiger partial charge on any atom is -0.456 e. The standard InChI is InChI=1S/C33H42N2O2/c1-23-18-28-29(33(4,5)16-15-32(28,2)3)20-25(23)19-27-12-13-30(37-27)31(36)34(6)26-14-17-35(22-26)21-24-10-8-7-9-11-24/h7-13,18,20,26H,14-17,19,21-22H2,1-6H3. The van der Waals surface area contributed by atoms with Gasteiger partial charge in [0.15, 0.2) is 5.76 Å². The third-order valence-corrected chi connectivity index (χ3v) is 8.91.